The van der Waals surface area contributed by atoms with Crippen molar-refractivity contribution in [1.82, 2.24) is 4.98 Å². The molecule has 4 nitrogen and oxygen atoms in total. The molecule has 0 amide bonds. The van der Waals surface area contributed by atoms with Crippen molar-refractivity contribution < 1.29 is 14.3 Å². The fraction of sp³-hybridized carbons (Fsp3) is 0.263. The lowest BCUT2D eigenvalue weighted by Crippen LogP contribution is -2.05. The van der Waals surface area contributed by atoms with Gasteiger partial charge in [-0.25, -0.2) is 4.79 Å². The number of rotatable bonds is 3. The molecule has 1 aromatic carbocycles. The number of carbonyl (C=O) groups excluding carboxylic acids is 1. The Morgan fingerprint density at radius 2 is 1.96 bits per heavy atom. The number of nitrogens with zero attached hydrogens (tertiary/aromatic N) is 1. The molecule has 2 atom stereocenters. The normalized spacial score (nSPS) is 20.6. The second-order valence-electron chi connectivity index (χ2n) is 5.78. The van der Waals surface area contributed by atoms with E-state index in [0.29, 0.717) is 12.2 Å². The molecule has 0 fully saturated rings. The van der Waals surface area contributed by atoms with Crippen LogP contribution in [0.1, 0.15) is 46.3 Å². The Labute approximate surface area is 134 Å². The molecule has 4 rings (SSSR count). The first-order valence-corrected chi connectivity index (χ1v) is 7.80. The zero-order chi connectivity index (χ0) is 16.0. The van der Waals surface area contributed by atoms with Crippen LogP contribution in [-0.4, -0.2) is 17.6 Å². The van der Waals surface area contributed by atoms with Crippen LogP contribution >= 0.6 is 0 Å². The van der Waals surface area contributed by atoms with Crippen LogP contribution in [-0.2, 0) is 9.47 Å². The molecule has 2 aliphatic heterocycles. The summed E-state index contributed by atoms with van der Waals surface area (Å²) in [6.07, 6.45) is 4.22. The number of aryl methyl sites for hydroxylation is 1. The molecule has 0 saturated heterocycles. The van der Waals surface area contributed by atoms with Gasteiger partial charge in [-0.2, -0.15) is 0 Å². The number of carbonyl (C=O) groups is 1. The smallest absolute Gasteiger partial charge is 0.338 e. The van der Waals surface area contributed by atoms with Gasteiger partial charge in [0, 0.05) is 16.8 Å². The lowest BCUT2D eigenvalue weighted by atomic mass is 9.92. The van der Waals surface area contributed by atoms with E-state index in [4.69, 9.17) is 14.5 Å². The summed E-state index contributed by atoms with van der Waals surface area (Å²) in [6.45, 7) is 4.17. The van der Waals surface area contributed by atoms with E-state index in [9.17, 15) is 4.79 Å². The molecular formula is C19H17NO3. The molecule has 116 valence electrons. The monoisotopic (exact) mass is 307 g/mol. The van der Waals surface area contributed by atoms with Crippen LogP contribution in [0.2, 0.25) is 0 Å². The summed E-state index contributed by atoms with van der Waals surface area (Å²) in [7, 11) is 0. The average Bonchev–Trinajstić information content (AvgIpc) is 3.16. The number of aromatic nitrogens is 1. The van der Waals surface area contributed by atoms with Crippen molar-refractivity contribution in [3.8, 4) is 11.3 Å². The first-order valence-electron chi connectivity index (χ1n) is 7.80. The van der Waals surface area contributed by atoms with Crippen molar-refractivity contribution in [3.63, 3.8) is 0 Å². The average molecular weight is 307 g/mol. The summed E-state index contributed by atoms with van der Waals surface area (Å²) >= 11 is 0. The summed E-state index contributed by atoms with van der Waals surface area (Å²) < 4.78 is 11.0. The Bertz CT molecular complexity index is 808. The van der Waals surface area contributed by atoms with Crippen LogP contribution < -0.4 is 0 Å². The number of ether oxygens (including phenoxy) is 2. The Kier molecular flexibility index (Phi) is 3.27. The molecule has 2 aromatic rings. The maximum atomic E-state index is 11.8. The largest absolute Gasteiger partial charge is 0.462 e. The number of pyridine rings is 1. The van der Waals surface area contributed by atoms with Crippen LogP contribution in [0.25, 0.3) is 11.3 Å². The molecule has 0 radical (unpaired) electrons. The van der Waals surface area contributed by atoms with Crippen molar-refractivity contribution in [2.45, 2.75) is 26.1 Å². The maximum absolute atomic E-state index is 11.8. The van der Waals surface area contributed by atoms with Crippen LogP contribution in [0.4, 0.5) is 0 Å². The van der Waals surface area contributed by atoms with Crippen molar-refractivity contribution in [1.29, 1.82) is 0 Å². The fourth-order valence-electron chi connectivity index (χ4n) is 3.23. The molecule has 0 unspecified atom stereocenters. The van der Waals surface area contributed by atoms with Gasteiger partial charge in [-0.05, 0) is 37.6 Å². The SMILES string of the molecule is CCOC(=O)c1ccc(-c2nc(C)cc3c2[C@H]2C=C[C@@H]3O2)cc1. The molecule has 2 bridgehead atoms. The lowest BCUT2D eigenvalue weighted by Gasteiger charge is -2.14. The topological polar surface area (TPSA) is 48.4 Å². The number of fused-ring (bicyclic) bond motifs is 5. The van der Waals surface area contributed by atoms with Crippen LogP contribution in [0.3, 0.4) is 0 Å². The highest BCUT2D eigenvalue weighted by molar-refractivity contribution is 5.90. The van der Waals surface area contributed by atoms with E-state index in [0.717, 1.165) is 22.5 Å². The van der Waals surface area contributed by atoms with Crippen molar-refractivity contribution in [2.75, 3.05) is 6.61 Å². The first kappa shape index (κ1) is 14.2. The molecular weight excluding hydrogens is 290 g/mol. The van der Waals surface area contributed by atoms with E-state index in [1.165, 1.54) is 5.56 Å². The van der Waals surface area contributed by atoms with Crippen LogP contribution in [0, 0.1) is 6.92 Å². The Hall–Kier alpha value is -2.46. The zero-order valence-electron chi connectivity index (χ0n) is 13.1. The van der Waals surface area contributed by atoms with Crippen LogP contribution in [0.15, 0.2) is 42.5 Å². The minimum absolute atomic E-state index is 0.0113. The standard InChI is InChI=1S/C19H17NO3/c1-3-22-19(21)13-6-4-12(5-7-13)18-17-14(10-11(2)20-18)15-8-9-16(17)23-15/h4-10,15-16H,3H2,1-2H3/t15-,16+/m0/s1. The van der Waals surface area contributed by atoms with Gasteiger partial charge in [-0.1, -0.05) is 24.3 Å². The minimum Gasteiger partial charge on any atom is -0.462 e. The highest BCUT2D eigenvalue weighted by atomic mass is 16.5. The van der Waals surface area contributed by atoms with Gasteiger partial charge in [0.1, 0.15) is 12.2 Å². The summed E-state index contributed by atoms with van der Waals surface area (Å²) in [5.74, 6) is -0.299. The van der Waals surface area contributed by atoms with Crippen LogP contribution in [0.5, 0.6) is 0 Å². The summed E-state index contributed by atoms with van der Waals surface area (Å²) in [6, 6.07) is 9.51. The van der Waals surface area contributed by atoms with Gasteiger partial charge in [0.15, 0.2) is 0 Å². The van der Waals surface area contributed by atoms with E-state index in [1.54, 1.807) is 19.1 Å². The molecule has 4 heteroatoms. The maximum Gasteiger partial charge on any atom is 0.338 e. The third-order valence-corrected chi connectivity index (χ3v) is 4.23. The molecule has 23 heavy (non-hydrogen) atoms. The number of benzene rings is 1. The summed E-state index contributed by atoms with van der Waals surface area (Å²) in [5.41, 5.74) is 5.80. The zero-order valence-corrected chi connectivity index (χ0v) is 13.1. The predicted octanol–water partition coefficient (Wildman–Crippen LogP) is 3.92. The van der Waals surface area contributed by atoms with E-state index in [1.807, 2.05) is 19.1 Å². The number of hydrogen-bond donors (Lipinski definition) is 0. The molecule has 1 aromatic heterocycles. The molecule has 3 heterocycles. The van der Waals surface area contributed by atoms with Gasteiger partial charge in [0.25, 0.3) is 0 Å². The molecule has 0 aliphatic carbocycles. The van der Waals surface area contributed by atoms with Gasteiger partial charge in [-0.15, -0.1) is 0 Å². The summed E-state index contributed by atoms with van der Waals surface area (Å²) in [4.78, 5) is 16.5. The minimum atomic E-state index is -0.299. The molecule has 2 aliphatic rings. The van der Waals surface area contributed by atoms with Gasteiger partial charge >= 0.3 is 5.97 Å². The third kappa shape index (κ3) is 2.26. The third-order valence-electron chi connectivity index (χ3n) is 4.23. The first-order chi connectivity index (χ1) is 11.2. The van der Waals surface area contributed by atoms with E-state index < -0.39 is 0 Å². The van der Waals surface area contributed by atoms with Crippen molar-refractivity contribution >= 4 is 5.97 Å². The number of hydrogen-bond acceptors (Lipinski definition) is 4. The van der Waals surface area contributed by atoms with Gasteiger partial charge < -0.3 is 9.47 Å². The van der Waals surface area contributed by atoms with E-state index >= 15 is 0 Å². The Balaban J connectivity index is 1.75. The Morgan fingerprint density at radius 1 is 1.22 bits per heavy atom. The highest BCUT2D eigenvalue weighted by Gasteiger charge is 2.36. The molecule has 0 saturated carbocycles. The number of esters is 1. The second-order valence-corrected chi connectivity index (χ2v) is 5.78. The van der Waals surface area contributed by atoms with Crippen molar-refractivity contribution in [2.24, 2.45) is 0 Å². The highest BCUT2D eigenvalue weighted by Crippen LogP contribution is 2.49. The van der Waals surface area contributed by atoms with Gasteiger partial charge in [-0.3, -0.25) is 4.98 Å². The second kappa shape index (κ2) is 5.32. The molecule has 0 N–H and O–H groups in total. The van der Waals surface area contributed by atoms with Gasteiger partial charge in [0.05, 0.1) is 17.9 Å². The summed E-state index contributed by atoms with van der Waals surface area (Å²) in [5, 5.41) is 0. The van der Waals surface area contributed by atoms with E-state index in [-0.39, 0.29) is 18.2 Å². The quantitative estimate of drug-likeness (QED) is 0.637. The van der Waals surface area contributed by atoms with E-state index in [2.05, 4.69) is 18.2 Å². The van der Waals surface area contributed by atoms with Gasteiger partial charge in [0.2, 0.25) is 0 Å². The predicted molar refractivity (Wildman–Crippen MR) is 86.1 cm³/mol. The fourth-order valence-corrected chi connectivity index (χ4v) is 3.23. The Morgan fingerprint density at radius 3 is 2.70 bits per heavy atom. The lowest BCUT2D eigenvalue weighted by molar-refractivity contribution is 0.0526. The van der Waals surface area contributed by atoms with Crippen molar-refractivity contribution in [3.05, 3.63) is 64.9 Å². The molecule has 0 spiro atoms.